The van der Waals surface area contributed by atoms with Crippen molar-refractivity contribution < 1.29 is 5.11 Å². The van der Waals surface area contributed by atoms with E-state index in [2.05, 4.69) is 25.2 Å². The molecular weight excluding hydrogens is 222 g/mol. The minimum atomic E-state index is 0.300. The quantitative estimate of drug-likeness (QED) is 0.842. The number of hydrogen-bond donors (Lipinski definition) is 2. The zero-order valence-electron chi connectivity index (χ0n) is 11.5. The molecule has 0 bridgehead atoms. The topological polar surface area (TPSA) is 32.3 Å². The lowest BCUT2D eigenvalue weighted by molar-refractivity contribution is 0.268. The Morgan fingerprint density at radius 3 is 2.56 bits per heavy atom. The summed E-state index contributed by atoms with van der Waals surface area (Å²) in [4.78, 5) is 0. The molecule has 0 saturated heterocycles. The van der Waals surface area contributed by atoms with Crippen LogP contribution in [0, 0.1) is 5.92 Å². The van der Waals surface area contributed by atoms with Gasteiger partial charge in [-0.1, -0.05) is 31.4 Å². The predicted molar refractivity (Wildman–Crippen MR) is 75.7 cm³/mol. The van der Waals surface area contributed by atoms with Crippen molar-refractivity contribution in [1.82, 2.24) is 5.32 Å². The molecular formula is C16H25NO. The Bertz CT molecular complexity index is 371. The molecule has 18 heavy (non-hydrogen) atoms. The van der Waals surface area contributed by atoms with Gasteiger partial charge in [0.25, 0.3) is 0 Å². The maximum Gasteiger partial charge on any atom is 0.115 e. The van der Waals surface area contributed by atoms with Gasteiger partial charge in [-0.2, -0.15) is 0 Å². The molecule has 2 nitrogen and oxygen atoms in total. The zero-order valence-corrected chi connectivity index (χ0v) is 11.5. The van der Waals surface area contributed by atoms with Crippen LogP contribution in [0.1, 0.15) is 57.6 Å². The van der Waals surface area contributed by atoms with E-state index in [1.165, 1.54) is 32.1 Å². The molecule has 0 aliphatic heterocycles. The average Bonchev–Trinajstić information content (AvgIpc) is 2.39. The SMILES string of the molecule is CC(N[C@@H](C)C1CCCCC1)c1cccc(O)c1. The second-order valence-corrected chi connectivity index (χ2v) is 5.67. The average molecular weight is 247 g/mol. The van der Waals surface area contributed by atoms with Gasteiger partial charge in [0.15, 0.2) is 0 Å². The summed E-state index contributed by atoms with van der Waals surface area (Å²) in [6.45, 7) is 4.48. The largest absolute Gasteiger partial charge is 0.508 e. The van der Waals surface area contributed by atoms with E-state index in [1.54, 1.807) is 6.07 Å². The molecule has 1 unspecified atom stereocenters. The molecule has 0 spiro atoms. The molecule has 0 aromatic heterocycles. The van der Waals surface area contributed by atoms with Crippen LogP contribution in [0.5, 0.6) is 5.75 Å². The second kappa shape index (κ2) is 6.24. The third kappa shape index (κ3) is 3.49. The number of rotatable bonds is 4. The Hall–Kier alpha value is -1.02. The van der Waals surface area contributed by atoms with E-state index in [0.717, 1.165) is 11.5 Å². The smallest absolute Gasteiger partial charge is 0.115 e. The van der Waals surface area contributed by atoms with Gasteiger partial charge in [-0.05, 0) is 50.3 Å². The van der Waals surface area contributed by atoms with Crippen molar-refractivity contribution in [1.29, 1.82) is 0 Å². The van der Waals surface area contributed by atoms with Crippen molar-refractivity contribution in [2.75, 3.05) is 0 Å². The van der Waals surface area contributed by atoms with Crippen LogP contribution in [0.4, 0.5) is 0 Å². The molecule has 1 aliphatic carbocycles. The predicted octanol–water partition coefficient (Wildman–Crippen LogP) is 4.01. The first-order chi connectivity index (χ1) is 8.66. The van der Waals surface area contributed by atoms with Gasteiger partial charge in [-0.25, -0.2) is 0 Å². The van der Waals surface area contributed by atoms with Crippen molar-refractivity contribution in [2.45, 2.75) is 58.0 Å². The first kappa shape index (κ1) is 13.4. The maximum absolute atomic E-state index is 9.52. The fraction of sp³-hybridized carbons (Fsp3) is 0.625. The Balaban J connectivity index is 1.91. The molecule has 2 atom stereocenters. The third-order valence-corrected chi connectivity index (χ3v) is 4.24. The molecule has 0 radical (unpaired) electrons. The highest BCUT2D eigenvalue weighted by atomic mass is 16.3. The third-order valence-electron chi connectivity index (χ3n) is 4.24. The second-order valence-electron chi connectivity index (χ2n) is 5.67. The van der Waals surface area contributed by atoms with Crippen LogP contribution in [-0.4, -0.2) is 11.1 Å². The number of phenolic OH excluding ortho intramolecular Hbond substituents is 1. The van der Waals surface area contributed by atoms with E-state index in [9.17, 15) is 5.11 Å². The van der Waals surface area contributed by atoms with E-state index < -0.39 is 0 Å². The summed E-state index contributed by atoms with van der Waals surface area (Å²) >= 11 is 0. The van der Waals surface area contributed by atoms with Crippen LogP contribution in [0.15, 0.2) is 24.3 Å². The van der Waals surface area contributed by atoms with Crippen LogP contribution in [-0.2, 0) is 0 Å². The monoisotopic (exact) mass is 247 g/mol. The van der Waals surface area contributed by atoms with E-state index in [1.807, 2.05) is 12.1 Å². The Morgan fingerprint density at radius 1 is 1.17 bits per heavy atom. The van der Waals surface area contributed by atoms with Crippen LogP contribution in [0.25, 0.3) is 0 Å². The standard InChI is InChI=1S/C16H25NO/c1-12(14-7-4-3-5-8-14)17-13(2)15-9-6-10-16(18)11-15/h6,9-14,17-18H,3-5,7-8H2,1-2H3/t12-,13?/m0/s1. The molecule has 0 amide bonds. The summed E-state index contributed by atoms with van der Waals surface area (Å²) in [5.41, 5.74) is 1.16. The van der Waals surface area contributed by atoms with E-state index in [4.69, 9.17) is 0 Å². The Labute approximate surface area is 110 Å². The molecule has 100 valence electrons. The lowest BCUT2D eigenvalue weighted by atomic mass is 9.84. The molecule has 1 aliphatic rings. The molecule has 2 rings (SSSR count). The van der Waals surface area contributed by atoms with Crippen LogP contribution >= 0.6 is 0 Å². The first-order valence-corrected chi connectivity index (χ1v) is 7.22. The molecule has 2 N–H and O–H groups in total. The van der Waals surface area contributed by atoms with E-state index >= 15 is 0 Å². The lowest BCUT2D eigenvalue weighted by Crippen LogP contribution is -2.36. The number of phenols is 1. The Morgan fingerprint density at radius 2 is 1.89 bits per heavy atom. The first-order valence-electron chi connectivity index (χ1n) is 7.22. The van der Waals surface area contributed by atoms with E-state index in [-0.39, 0.29) is 0 Å². The van der Waals surface area contributed by atoms with Crippen molar-refractivity contribution in [3.63, 3.8) is 0 Å². The summed E-state index contributed by atoms with van der Waals surface area (Å²) in [6, 6.07) is 8.42. The van der Waals surface area contributed by atoms with Gasteiger partial charge >= 0.3 is 0 Å². The summed E-state index contributed by atoms with van der Waals surface area (Å²) < 4.78 is 0. The van der Waals surface area contributed by atoms with Crippen LogP contribution < -0.4 is 5.32 Å². The maximum atomic E-state index is 9.52. The van der Waals surface area contributed by atoms with Crippen molar-refractivity contribution in [2.24, 2.45) is 5.92 Å². The zero-order chi connectivity index (χ0) is 13.0. The number of nitrogens with one attached hydrogen (secondary N) is 1. The van der Waals surface area contributed by atoms with Gasteiger partial charge in [-0.3, -0.25) is 0 Å². The molecule has 2 heteroatoms. The summed E-state index contributed by atoms with van der Waals surface area (Å²) in [7, 11) is 0. The highest BCUT2D eigenvalue weighted by Crippen LogP contribution is 2.28. The number of aromatic hydroxyl groups is 1. The number of hydrogen-bond acceptors (Lipinski definition) is 2. The van der Waals surface area contributed by atoms with E-state index in [0.29, 0.717) is 17.8 Å². The minimum Gasteiger partial charge on any atom is -0.508 e. The summed E-state index contributed by atoms with van der Waals surface area (Å²) in [5.74, 6) is 1.17. The number of benzene rings is 1. The molecule has 1 fully saturated rings. The molecule has 1 saturated carbocycles. The van der Waals surface area contributed by atoms with Crippen molar-refractivity contribution >= 4 is 0 Å². The van der Waals surface area contributed by atoms with Gasteiger partial charge in [-0.15, -0.1) is 0 Å². The molecule has 0 heterocycles. The van der Waals surface area contributed by atoms with Crippen molar-refractivity contribution in [3.8, 4) is 5.75 Å². The lowest BCUT2D eigenvalue weighted by Gasteiger charge is -2.30. The normalized spacial score (nSPS) is 20.6. The summed E-state index contributed by atoms with van der Waals surface area (Å²) in [6.07, 6.45) is 6.90. The van der Waals surface area contributed by atoms with Gasteiger partial charge in [0.1, 0.15) is 5.75 Å². The fourth-order valence-corrected chi connectivity index (χ4v) is 3.05. The van der Waals surface area contributed by atoms with Crippen molar-refractivity contribution in [3.05, 3.63) is 29.8 Å². The summed E-state index contributed by atoms with van der Waals surface area (Å²) in [5, 5.41) is 13.2. The highest BCUT2D eigenvalue weighted by Gasteiger charge is 2.21. The van der Waals surface area contributed by atoms with Gasteiger partial charge in [0.05, 0.1) is 0 Å². The molecule has 1 aromatic carbocycles. The van der Waals surface area contributed by atoms with Gasteiger partial charge in [0, 0.05) is 12.1 Å². The molecule has 1 aromatic rings. The van der Waals surface area contributed by atoms with Gasteiger partial charge in [0.2, 0.25) is 0 Å². The van der Waals surface area contributed by atoms with Gasteiger partial charge < -0.3 is 10.4 Å². The Kier molecular flexibility index (Phi) is 4.65. The fourth-order valence-electron chi connectivity index (χ4n) is 3.05. The minimum absolute atomic E-state index is 0.300. The van der Waals surface area contributed by atoms with Crippen LogP contribution in [0.3, 0.4) is 0 Å². The highest BCUT2D eigenvalue weighted by molar-refractivity contribution is 5.29. The van der Waals surface area contributed by atoms with Crippen LogP contribution in [0.2, 0.25) is 0 Å².